The van der Waals surface area contributed by atoms with Crippen molar-refractivity contribution in [3.8, 4) is 0 Å². The third-order valence-electron chi connectivity index (χ3n) is 8.65. The number of hydrogen-bond donors (Lipinski definition) is 8. The first-order chi connectivity index (χ1) is 27.3. The second kappa shape index (κ2) is 13.3. The molecule has 0 spiro atoms. The average molecular weight is 866 g/mol. The highest BCUT2D eigenvalue weighted by Crippen LogP contribution is 2.41. The predicted molar refractivity (Wildman–Crippen MR) is 197 cm³/mol. The van der Waals surface area contributed by atoms with Crippen molar-refractivity contribution < 1.29 is 45.1 Å². The molecule has 2 aliphatic rings. The highest BCUT2D eigenvalue weighted by molar-refractivity contribution is 7.86. The molecule has 0 aliphatic carbocycles. The fourth-order valence-electron chi connectivity index (χ4n) is 6.37. The van der Waals surface area contributed by atoms with Gasteiger partial charge < -0.3 is 9.97 Å². The maximum Gasteiger partial charge on any atom is 0.296 e. The van der Waals surface area contributed by atoms with Gasteiger partial charge >= 0.3 is 0 Å². The van der Waals surface area contributed by atoms with E-state index in [-0.39, 0.29) is 77.6 Å². The summed E-state index contributed by atoms with van der Waals surface area (Å²) in [7, 11) is -10.1. The molecule has 4 heterocycles. The lowest BCUT2D eigenvalue weighted by molar-refractivity contribution is 0.0873. The fraction of sp³-hybridized carbons (Fsp3) is 0. The van der Waals surface area contributed by atoms with Crippen LogP contribution in [0.5, 0.6) is 0 Å². The molecule has 292 valence electrons. The van der Waals surface area contributed by atoms with Gasteiger partial charge in [-0.2, -0.15) is 26.8 Å². The number of carbonyl (C=O) groups excluding carboxylic acids is 4. The van der Waals surface area contributed by atoms with E-state index < -0.39 is 64.9 Å². The van der Waals surface area contributed by atoms with E-state index in [1.54, 1.807) is 0 Å². The third-order valence-corrected chi connectivity index (χ3v) is 10.8. The molecule has 4 aromatic carbocycles. The topological polar surface area (TPSA) is 345 Å². The van der Waals surface area contributed by atoms with Crippen molar-refractivity contribution in [1.29, 1.82) is 10.8 Å². The Kier molecular flexibility index (Phi) is 8.72. The molecule has 0 saturated heterocycles. The molecule has 0 bridgehead atoms. The van der Waals surface area contributed by atoms with Gasteiger partial charge in [0.1, 0.15) is 9.79 Å². The molecule has 58 heavy (non-hydrogen) atoms. The number of hydrogen-bond acceptors (Lipinski definition) is 14. The summed E-state index contributed by atoms with van der Waals surface area (Å²) in [5.41, 5.74) is -3.38. The Morgan fingerprint density at radius 2 is 0.879 bits per heavy atom. The molecule has 8 N–H and O–H groups in total. The van der Waals surface area contributed by atoms with Crippen molar-refractivity contribution in [2.45, 2.75) is 9.79 Å². The van der Waals surface area contributed by atoms with Crippen LogP contribution in [0.1, 0.15) is 41.4 Å². The summed E-state index contributed by atoms with van der Waals surface area (Å²) in [6.45, 7) is 0. The number of anilines is 2. The molecule has 0 radical (unpaired) electrons. The van der Waals surface area contributed by atoms with Crippen molar-refractivity contribution in [2.75, 3.05) is 9.80 Å². The summed E-state index contributed by atoms with van der Waals surface area (Å²) in [5, 5.41) is 14.7. The number of nitrogens with one attached hydrogen (secondary N) is 6. The predicted octanol–water partition coefficient (Wildman–Crippen LogP) is 1.77. The molecular weight excluding hydrogens is 847 g/mol. The second-order valence-corrected chi connectivity index (χ2v) is 15.6. The van der Waals surface area contributed by atoms with Crippen LogP contribution in [-0.2, 0) is 20.2 Å². The summed E-state index contributed by atoms with van der Waals surface area (Å²) in [4.78, 5) is 80.8. The van der Waals surface area contributed by atoms with E-state index in [1.165, 1.54) is 36.4 Å². The number of benzene rings is 4. The van der Waals surface area contributed by atoms with Gasteiger partial charge in [0, 0.05) is 33.0 Å². The lowest BCUT2D eigenvalue weighted by Gasteiger charge is -2.32. The second-order valence-electron chi connectivity index (χ2n) is 12.1. The van der Waals surface area contributed by atoms with Gasteiger partial charge in [0.25, 0.3) is 43.9 Å². The third kappa shape index (κ3) is 6.39. The first kappa shape index (κ1) is 37.9. The van der Waals surface area contributed by atoms with Crippen LogP contribution in [0, 0.1) is 10.8 Å². The molecule has 0 unspecified atom stereocenters. The lowest BCUT2D eigenvalue weighted by atomic mass is 9.85. The van der Waals surface area contributed by atoms with E-state index >= 15 is 0 Å². The van der Waals surface area contributed by atoms with Gasteiger partial charge in [-0.25, -0.2) is 19.8 Å². The van der Waals surface area contributed by atoms with E-state index in [1.807, 2.05) is 0 Å². The molecule has 8 rings (SSSR count). The van der Waals surface area contributed by atoms with Crippen LogP contribution in [0.3, 0.4) is 0 Å². The Labute approximate surface area is 330 Å². The highest BCUT2D eigenvalue weighted by Gasteiger charge is 2.41. The number of aromatic amines is 4. The van der Waals surface area contributed by atoms with E-state index in [2.05, 4.69) is 39.9 Å². The smallest absolute Gasteiger partial charge is 0.296 e. The Bertz CT molecular complexity index is 3140. The van der Waals surface area contributed by atoms with Gasteiger partial charge in [-0.3, -0.25) is 49.1 Å². The summed E-state index contributed by atoms with van der Waals surface area (Å²) < 4.78 is 70.2. The van der Waals surface area contributed by atoms with Gasteiger partial charge in [-0.05, 0) is 83.9 Å². The first-order valence-electron chi connectivity index (χ1n) is 15.8. The maximum atomic E-state index is 14.1. The van der Waals surface area contributed by atoms with Crippen LogP contribution < -0.4 is 32.3 Å². The molecule has 4 amide bonds. The molecular formula is C32H18Cl2N12O10S2. The van der Waals surface area contributed by atoms with Crippen molar-refractivity contribution in [3.05, 3.63) is 116 Å². The number of rotatable bonds is 6. The maximum absolute atomic E-state index is 14.1. The number of H-pyrrole nitrogens is 4. The van der Waals surface area contributed by atoms with Gasteiger partial charge in [-0.15, -0.1) is 0 Å². The van der Waals surface area contributed by atoms with Crippen LogP contribution in [-0.4, -0.2) is 79.5 Å². The normalized spacial score (nSPS) is 14.9. The van der Waals surface area contributed by atoms with Gasteiger partial charge in [0.05, 0.1) is 22.7 Å². The number of amides is 4. The highest BCUT2D eigenvalue weighted by atomic mass is 35.5. The fourth-order valence-corrected chi connectivity index (χ4v) is 8.01. The summed E-state index contributed by atoms with van der Waals surface area (Å²) in [6, 6.07) is 11.0. The Morgan fingerprint density at radius 1 is 0.552 bits per heavy atom. The van der Waals surface area contributed by atoms with Crippen molar-refractivity contribution in [3.63, 3.8) is 0 Å². The molecule has 2 aromatic heterocycles. The Hall–Kier alpha value is -6.96. The molecule has 0 saturated carbocycles. The zero-order valence-electron chi connectivity index (χ0n) is 28.2. The number of nitrogens with zero attached hydrogens (tertiary/aromatic N) is 6. The summed E-state index contributed by atoms with van der Waals surface area (Å²) in [5.74, 6) is -3.96. The van der Waals surface area contributed by atoms with Crippen LogP contribution in [0.15, 0.2) is 80.4 Å². The van der Waals surface area contributed by atoms with Crippen LogP contribution in [0.25, 0.3) is 10.8 Å². The van der Waals surface area contributed by atoms with Crippen molar-refractivity contribution in [2.24, 2.45) is 9.98 Å². The van der Waals surface area contributed by atoms with E-state index in [4.69, 9.17) is 34.0 Å². The van der Waals surface area contributed by atoms with Crippen molar-refractivity contribution >= 4 is 101 Å². The molecule has 2 aliphatic heterocycles. The van der Waals surface area contributed by atoms with Crippen LogP contribution in [0.4, 0.5) is 22.7 Å². The first-order valence-corrected chi connectivity index (χ1v) is 19.4. The quantitative estimate of drug-likeness (QED) is 0.0877. The standard InChI is InChI=1S/C32H18Cl2N12O10S2/c33-27-39-29(35)43-31(41-27)37-17-7-1-11(9-19(17)57(51,52)53)45-23(47)13-3-5-15-22-16(6-4-14(21(13)22)24(45)48)26(50)46(25(15)49)12-2-8-18(20(10-12)58(54,55)56)38-32-42-28(34)40-30(36)44-32/h1-10H,(H,51,52,53)(H,54,55,56)(H3,35,37,39,41,43)(H3,36,38,40,42,44). The summed E-state index contributed by atoms with van der Waals surface area (Å²) >= 11 is 11.6. The minimum Gasteiger partial charge on any atom is -0.300 e. The Morgan fingerprint density at radius 3 is 1.17 bits per heavy atom. The molecule has 0 fully saturated rings. The number of carbonyl (C=O) groups is 4. The van der Waals surface area contributed by atoms with E-state index in [0.717, 1.165) is 24.3 Å². The zero-order chi connectivity index (χ0) is 41.6. The zero-order valence-corrected chi connectivity index (χ0v) is 31.3. The van der Waals surface area contributed by atoms with Gasteiger partial charge in [0.2, 0.25) is 33.0 Å². The van der Waals surface area contributed by atoms with E-state index in [9.17, 15) is 45.1 Å². The van der Waals surface area contributed by atoms with Gasteiger partial charge in [-0.1, -0.05) is 0 Å². The van der Waals surface area contributed by atoms with Crippen LogP contribution >= 0.6 is 23.2 Å². The van der Waals surface area contributed by atoms with Gasteiger partial charge in [0.15, 0.2) is 0 Å². The van der Waals surface area contributed by atoms with Crippen LogP contribution in [0.2, 0.25) is 10.6 Å². The Balaban J connectivity index is 1.21. The lowest BCUT2D eigenvalue weighted by Crippen LogP contribution is -2.43. The molecule has 22 nitrogen and oxygen atoms in total. The molecule has 26 heteroatoms. The number of aromatic nitrogens is 6. The van der Waals surface area contributed by atoms with E-state index in [0.29, 0.717) is 9.80 Å². The molecule has 0 atom stereocenters. The summed E-state index contributed by atoms with van der Waals surface area (Å²) in [6.07, 6.45) is 0. The minimum absolute atomic E-state index is 0.0684. The van der Waals surface area contributed by atoms with Crippen molar-refractivity contribution in [1.82, 2.24) is 29.9 Å². The SMILES string of the molecule is N=c1nc(Cl)[nH]c(=Nc2ccc(N3C(=O)c4ccc5c6c(ccc(c46)C3=O)C(=O)N(c3ccc(N=c4[nH]c(Cl)nc(=N)[nH]4)c(S(=O)(=O)O)c3)C5=O)cc2S(=O)(=O)O)[nH]1. The largest absolute Gasteiger partial charge is 0.300 e. The monoisotopic (exact) mass is 864 g/mol. The molecule has 6 aromatic rings. The average Bonchev–Trinajstić information content (AvgIpc) is 3.12. The number of imide groups is 2. The number of halogens is 2. The minimum atomic E-state index is -5.06.